The molecule has 2 aromatic carbocycles. The molecule has 0 bridgehead atoms. The molecular formula is C22H27IN4S. The maximum absolute atomic E-state index is 4.39. The normalized spacial score (nSPS) is 12.1. The molecule has 0 saturated carbocycles. The van der Waals surface area contributed by atoms with Crippen LogP contribution in [0.3, 0.4) is 0 Å². The fourth-order valence-electron chi connectivity index (χ4n) is 3.01. The van der Waals surface area contributed by atoms with Gasteiger partial charge in [-0.15, -0.1) is 35.3 Å². The molecule has 148 valence electrons. The lowest BCUT2D eigenvalue weighted by atomic mass is 9.92. The number of hydrogen-bond donors (Lipinski definition) is 2. The quantitative estimate of drug-likeness (QED) is 0.276. The highest BCUT2D eigenvalue weighted by Crippen LogP contribution is 2.20. The third-order valence-corrected chi connectivity index (χ3v) is 5.32. The number of aliphatic imine (C=N–C) groups is 1. The van der Waals surface area contributed by atoms with E-state index in [9.17, 15) is 0 Å². The van der Waals surface area contributed by atoms with Gasteiger partial charge >= 0.3 is 0 Å². The first-order valence-corrected chi connectivity index (χ1v) is 10.0. The van der Waals surface area contributed by atoms with E-state index in [1.54, 1.807) is 18.4 Å². The lowest BCUT2D eigenvalue weighted by Crippen LogP contribution is -2.39. The lowest BCUT2D eigenvalue weighted by molar-refractivity contribution is 0.644. The molecule has 1 atom stereocenters. The summed E-state index contributed by atoms with van der Waals surface area (Å²) < 4.78 is 0. The highest BCUT2D eigenvalue weighted by molar-refractivity contribution is 14.0. The second kappa shape index (κ2) is 11.8. The Labute approximate surface area is 188 Å². The summed E-state index contributed by atoms with van der Waals surface area (Å²) in [7, 11) is 1.80. The Morgan fingerprint density at radius 2 is 1.71 bits per heavy atom. The van der Waals surface area contributed by atoms with Crippen LogP contribution in [0.4, 0.5) is 0 Å². The van der Waals surface area contributed by atoms with Crippen molar-refractivity contribution in [2.45, 2.75) is 25.8 Å². The molecule has 1 aromatic heterocycles. The fourth-order valence-corrected chi connectivity index (χ4v) is 3.74. The van der Waals surface area contributed by atoms with Crippen LogP contribution in [0.2, 0.25) is 0 Å². The average Bonchev–Trinajstić information content (AvgIpc) is 3.13. The van der Waals surface area contributed by atoms with Crippen molar-refractivity contribution in [2.75, 3.05) is 13.6 Å². The van der Waals surface area contributed by atoms with Gasteiger partial charge in [-0.3, -0.25) is 4.99 Å². The predicted molar refractivity (Wildman–Crippen MR) is 130 cm³/mol. The summed E-state index contributed by atoms with van der Waals surface area (Å²) in [5.41, 5.74) is 2.68. The number of benzene rings is 2. The Morgan fingerprint density at radius 1 is 1.04 bits per heavy atom. The maximum Gasteiger partial charge on any atom is 0.191 e. The van der Waals surface area contributed by atoms with Crippen molar-refractivity contribution in [1.29, 1.82) is 0 Å². The second-order valence-corrected chi connectivity index (χ2v) is 7.79. The number of guanidine groups is 1. The highest BCUT2D eigenvalue weighted by atomic mass is 127. The smallest absolute Gasteiger partial charge is 0.191 e. The number of aromatic nitrogens is 1. The van der Waals surface area contributed by atoms with E-state index in [0.29, 0.717) is 12.5 Å². The van der Waals surface area contributed by atoms with Gasteiger partial charge in [0, 0.05) is 30.6 Å². The van der Waals surface area contributed by atoms with Gasteiger partial charge in [-0.2, -0.15) is 0 Å². The largest absolute Gasteiger partial charge is 0.356 e. The van der Waals surface area contributed by atoms with Crippen LogP contribution in [0.15, 0.2) is 71.9 Å². The minimum atomic E-state index is 0. The molecule has 6 heteroatoms. The molecule has 3 rings (SSSR count). The molecule has 4 nitrogen and oxygen atoms in total. The number of rotatable bonds is 7. The molecule has 0 aliphatic carbocycles. The number of nitrogens with zero attached hydrogens (tertiary/aromatic N) is 2. The van der Waals surface area contributed by atoms with Crippen LogP contribution in [0.25, 0.3) is 0 Å². The third kappa shape index (κ3) is 6.91. The van der Waals surface area contributed by atoms with Crippen LogP contribution in [0.5, 0.6) is 0 Å². The molecule has 0 aliphatic rings. The van der Waals surface area contributed by atoms with E-state index in [2.05, 4.69) is 88.2 Å². The second-order valence-electron chi connectivity index (χ2n) is 6.47. The molecule has 0 radical (unpaired) electrons. The van der Waals surface area contributed by atoms with E-state index < -0.39 is 0 Å². The molecular weight excluding hydrogens is 479 g/mol. The van der Waals surface area contributed by atoms with Gasteiger partial charge in [0.15, 0.2) is 5.96 Å². The van der Waals surface area contributed by atoms with E-state index in [4.69, 9.17) is 0 Å². The molecule has 0 aliphatic heterocycles. The summed E-state index contributed by atoms with van der Waals surface area (Å²) in [6.45, 7) is 3.57. The Balaban J connectivity index is 0.00000280. The minimum absolute atomic E-state index is 0. The van der Waals surface area contributed by atoms with E-state index in [0.717, 1.165) is 23.9 Å². The van der Waals surface area contributed by atoms with E-state index >= 15 is 0 Å². The summed E-state index contributed by atoms with van der Waals surface area (Å²) in [6.07, 6.45) is 2.89. The van der Waals surface area contributed by atoms with Crippen LogP contribution in [0.1, 0.15) is 26.9 Å². The van der Waals surface area contributed by atoms with Gasteiger partial charge in [-0.25, -0.2) is 4.98 Å². The minimum Gasteiger partial charge on any atom is -0.356 e. The van der Waals surface area contributed by atoms with Crippen molar-refractivity contribution >= 4 is 41.3 Å². The van der Waals surface area contributed by atoms with Crippen LogP contribution in [0, 0.1) is 6.92 Å². The standard InChI is InChI=1S/C22H26N4S.HI/c1-17-14-24-21(27-17)16-26-22(23-2)25-15-20(19-11-7-4-8-12-19)13-18-9-5-3-6-10-18;/h3-12,14,20H,13,15-16H2,1-2H3,(H2,23,25,26);1H. The van der Waals surface area contributed by atoms with Crippen molar-refractivity contribution in [3.63, 3.8) is 0 Å². The van der Waals surface area contributed by atoms with Gasteiger partial charge in [0.05, 0.1) is 6.54 Å². The predicted octanol–water partition coefficient (Wildman–Crippen LogP) is 4.76. The third-order valence-electron chi connectivity index (χ3n) is 4.41. The topological polar surface area (TPSA) is 49.3 Å². The first-order chi connectivity index (χ1) is 13.2. The average molecular weight is 506 g/mol. The van der Waals surface area contributed by atoms with Crippen LogP contribution in [-0.4, -0.2) is 24.5 Å². The molecule has 2 N–H and O–H groups in total. The molecule has 1 heterocycles. The van der Waals surface area contributed by atoms with Crippen molar-refractivity contribution in [3.05, 3.63) is 87.9 Å². The van der Waals surface area contributed by atoms with Gasteiger partial charge in [-0.05, 0) is 24.5 Å². The number of nitrogens with one attached hydrogen (secondary N) is 2. The SMILES string of the molecule is CN=C(NCc1ncc(C)s1)NCC(Cc1ccccc1)c1ccccc1.I. The summed E-state index contributed by atoms with van der Waals surface area (Å²) in [4.78, 5) is 9.97. The Hall–Kier alpha value is -1.93. The van der Waals surface area contributed by atoms with E-state index in [1.807, 2.05) is 6.20 Å². The van der Waals surface area contributed by atoms with Crippen molar-refractivity contribution in [3.8, 4) is 0 Å². The summed E-state index contributed by atoms with van der Waals surface area (Å²) in [6, 6.07) is 21.3. The first kappa shape index (κ1) is 22.4. The Bertz CT molecular complexity index is 849. The number of aryl methyl sites for hydroxylation is 1. The first-order valence-electron chi connectivity index (χ1n) is 9.19. The molecule has 1 unspecified atom stereocenters. The molecule has 0 fully saturated rings. The number of hydrogen-bond acceptors (Lipinski definition) is 3. The Kier molecular flexibility index (Phi) is 9.43. The molecule has 28 heavy (non-hydrogen) atoms. The zero-order chi connectivity index (χ0) is 18.9. The maximum atomic E-state index is 4.39. The number of thiazole rings is 1. The molecule has 0 spiro atoms. The van der Waals surface area contributed by atoms with Crippen LogP contribution >= 0.6 is 35.3 Å². The monoisotopic (exact) mass is 506 g/mol. The lowest BCUT2D eigenvalue weighted by Gasteiger charge is -2.20. The summed E-state index contributed by atoms with van der Waals surface area (Å²) in [5.74, 6) is 1.17. The number of halogens is 1. The summed E-state index contributed by atoms with van der Waals surface area (Å²) >= 11 is 1.71. The zero-order valence-corrected chi connectivity index (χ0v) is 19.4. The zero-order valence-electron chi connectivity index (χ0n) is 16.3. The van der Waals surface area contributed by atoms with Gasteiger partial charge in [-0.1, -0.05) is 60.7 Å². The Morgan fingerprint density at radius 3 is 2.32 bits per heavy atom. The van der Waals surface area contributed by atoms with Gasteiger partial charge in [0.25, 0.3) is 0 Å². The van der Waals surface area contributed by atoms with Crippen molar-refractivity contribution in [1.82, 2.24) is 15.6 Å². The van der Waals surface area contributed by atoms with Gasteiger partial charge < -0.3 is 10.6 Å². The van der Waals surface area contributed by atoms with Crippen molar-refractivity contribution in [2.24, 2.45) is 4.99 Å². The van der Waals surface area contributed by atoms with Crippen LogP contribution in [-0.2, 0) is 13.0 Å². The fraction of sp³-hybridized carbons (Fsp3) is 0.273. The molecule has 0 amide bonds. The molecule has 3 aromatic rings. The van der Waals surface area contributed by atoms with Gasteiger partial charge in [0.2, 0.25) is 0 Å². The van der Waals surface area contributed by atoms with Crippen molar-refractivity contribution < 1.29 is 0 Å². The van der Waals surface area contributed by atoms with Gasteiger partial charge in [0.1, 0.15) is 5.01 Å². The van der Waals surface area contributed by atoms with Crippen LogP contribution < -0.4 is 10.6 Å². The summed E-state index contributed by atoms with van der Waals surface area (Å²) in [5, 5.41) is 7.91. The molecule has 0 saturated heterocycles. The van der Waals surface area contributed by atoms with E-state index in [1.165, 1.54) is 16.0 Å². The highest BCUT2D eigenvalue weighted by Gasteiger charge is 2.13. The van der Waals surface area contributed by atoms with E-state index in [-0.39, 0.29) is 24.0 Å².